The van der Waals surface area contributed by atoms with E-state index in [0.717, 1.165) is 5.69 Å². The van der Waals surface area contributed by atoms with Gasteiger partial charge >= 0.3 is 0 Å². The zero-order valence-electron chi connectivity index (χ0n) is 6.47. The van der Waals surface area contributed by atoms with Gasteiger partial charge in [-0.2, -0.15) is 0 Å². The van der Waals surface area contributed by atoms with Crippen LogP contribution in [0.2, 0.25) is 0 Å². The second-order valence-corrected chi connectivity index (χ2v) is 4.93. The van der Waals surface area contributed by atoms with Crippen LogP contribution in [0.1, 0.15) is 11.7 Å². The largest absolute Gasteiger partial charge is 0.353 e. The maximum Gasteiger partial charge on any atom is 0.210 e. The monoisotopic (exact) mass is 226 g/mol. The van der Waals surface area contributed by atoms with Crippen molar-refractivity contribution in [2.45, 2.75) is 9.83 Å². The predicted octanol–water partition coefficient (Wildman–Crippen LogP) is 2.40. The van der Waals surface area contributed by atoms with Gasteiger partial charge in [-0.3, -0.25) is 0 Å². The highest BCUT2D eigenvalue weighted by Gasteiger charge is 2.31. The van der Waals surface area contributed by atoms with Crippen LogP contribution in [-0.4, -0.2) is 8.36 Å². The first-order valence-electron chi connectivity index (χ1n) is 3.36. The molecular formula is C7H9Cl3N2. The fourth-order valence-corrected chi connectivity index (χ4v) is 1.30. The standard InChI is InChI=1S/C7H9Cl3N2/c1-12-4-2-3-5(12)6(11)7(8,9)10/h2-4,6H,11H2,1H3/t6-/m1/s1. The minimum atomic E-state index is -1.45. The Morgan fingerprint density at radius 3 is 2.42 bits per heavy atom. The van der Waals surface area contributed by atoms with Gasteiger partial charge in [-0.15, -0.1) is 0 Å². The number of aryl methyl sites for hydroxylation is 1. The third-order valence-corrected chi connectivity index (χ3v) is 2.36. The summed E-state index contributed by atoms with van der Waals surface area (Å²) in [5, 5.41) is 0. The van der Waals surface area contributed by atoms with Crippen molar-refractivity contribution in [3.05, 3.63) is 24.0 Å². The van der Waals surface area contributed by atoms with Gasteiger partial charge in [-0.25, -0.2) is 0 Å². The molecule has 68 valence electrons. The number of aromatic nitrogens is 1. The Kier molecular flexibility index (Phi) is 2.94. The first kappa shape index (κ1) is 10.2. The first-order chi connectivity index (χ1) is 5.43. The molecule has 2 nitrogen and oxygen atoms in total. The van der Waals surface area contributed by atoms with Crippen molar-refractivity contribution < 1.29 is 0 Å². The van der Waals surface area contributed by atoms with Crippen molar-refractivity contribution in [1.29, 1.82) is 0 Å². The lowest BCUT2D eigenvalue weighted by Crippen LogP contribution is -2.27. The summed E-state index contributed by atoms with van der Waals surface area (Å²) in [6.07, 6.45) is 1.85. The van der Waals surface area contributed by atoms with Gasteiger partial charge in [0.15, 0.2) is 0 Å². The summed E-state index contributed by atoms with van der Waals surface area (Å²) < 4.78 is 0.374. The third kappa shape index (κ3) is 2.07. The Bertz CT molecular complexity index is 264. The molecule has 5 heteroatoms. The van der Waals surface area contributed by atoms with Gasteiger partial charge in [0.2, 0.25) is 3.79 Å². The summed E-state index contributed by atoms with van der Waals surface area (Å²) in [5.41, 5.74) is 6.50. The summed E-state index contributed by atoms with van der Waals surface area (Å²) in [7, 11) is 1.85. The van der Waals surface area contributed by atoms with E-state index in [4.69, 9.17) is 40.5 Å². The molecule has 0 spiro atoms. The van der Waals surface area contributed by atoms with E-state index < -0.39 is 9.83 Å². The molecule has 12 heavy (non-hydrogen) atoms. The van der Waals surface area contributed by atoms with E-state index in [9.17, 15) is 0 Å². The number of nitrogens with two attached hydrogens (primary N) is 1. The Balaban J connectivity index is 2.92. The normalized spacial score (nSPS) is 14.8. The van der Waals surface area contributed by atoms with E-state index in [0.29, 0.717) is 0 Å². The Morgan fingerprint density at radius 2 is 2.08 bits per heavy atom. The van der Waals surface area contributed by atoms with Crippen LogP contribution in [0.3, 0.4) is 0 Å². The third-order valence-electron chi connectivity index (χ3n) is 1.66. The lowest BCUT2D eigenvalue weighted by atomic mass is 10.2. The quantitative estimate of drug-likeness (QED) is 0.734. The fourth-order valence-electron chi connectivity index (χ4n) is 0.965. The molecule has 1 heterocycles. The van der Waals surface area contributed by atoms with E-state index >= 15 is 0 Å². The highest BCUT2D eigenvalue weighted by molar-refractivity contribution is 6.68. The van der Waals surface area contributed by atoms with E-state index in [1.807, 2.05) is 29.9 Å². The number of alkyl halides is 3. The van der Waals surface area contributed by atoms with Crippen molar-refractivity contribution in [2.24, 2.45) is 12.8 Å². The van der Waals surface area contributed by atoms with Crippen molar-refractivity contribution in [3.8, 4) is 0 Å². The van der Waals surface area contributed by atoms with E-state index in [1.165, 1.54) is 0 Å². The topological polar surface area (TPSA) is 30.9 Å². The Morgan fingerprint density at radius 1 is 1.50 bits per heavy atom. The van der Waals surface area contributed by atoms with Crippen LogP contribution in [0.4, 0.5) is 0 Å². The molecule has 1 aromatic heterocycles. The maximum atomic E-state index is 5.70. The fraction of sp³-hybridized carbons (Fsp3) is 0.429. The number of hydrogen-bond donors (Lipinski definition) is 1. The number of halogens is 3. The first-order valence-corrected chi connectivity index (χ1v) is 4.50. The smallest absolute Gasteiger partial charge is 0.210 e. The van der Waals surface area contributed by atoms with Crippen LogP contribution in [0.25, 0.3) is 0 Å². The summed E-state index contributed by atoms with van der Waals surface area (Å²) in [6, 6.07) is 3.08. The highest BCUT2D eigenvalue weighted by Crippen LogP contribution is 2.37. The van der Waals surface area contributed by atoms with Crippen molar-refractivity contribution in [2.75, 3.05) is 0 Å². The molecule has 1 atom stereocenters. The van der Waals surface area contributed by atoms with Gasteiger partial charge in [0.1, 0.15) is 0 Å². The summed E-state index contributed by atoms with van der Waals surface area (Å²) >= 11 is 16.9. The molecule has 0 fully saturated rings. The summed E-state index contributed by atoms with van der Waals surface area (Å²) in [4.78, 5) is 0. The minimum absolute atomic E-state index is 0.595. The second-order valence-electron chi connectivity index (χ2n) is 2.56. The van der Waals surface area contributed by atoms with Gasteiger partial charge in [0.25, 0.3) is 0 Å². The van der Waals surface area contributed by atoms with Crippen LogP contribution >= 0.6 is 34.8 Å². The molecule has 0 aliphatic heterocycles. The molecular weight excluding hydrogens is 218 g/mol. The summed E-state index contributed by atoms with van der Waals surface area (Å²) in [5.74, 6) is 0. The van der Waals surface area contributed by atoms with Gasteiger partial charge in [0, 0.05) is 18.9 Å². The second kappa shape index (κ2) is 3.46. The van der Waals surface area contributed by atoms with Crippen LogP contribution in [-0.2, 0) is 7.05 Å². The predicted molar refractivity (Wildman–Crippen MR) is 52.6 cm³/mol. The highest BCUT2D eigenvalue weighted by atomic mass is 35.6. The van der Waals surface area contributed by atoms with Crippen LogP contribution < -0.4 is 5.73 Å². The zero-order valence-corrected chi connectivity index (χ0v) is 8.74. The molecule has 0 aromatic carbocycles. The number of rotatable bonds is 1. The molecule has 0 saturated carbocycles. The van der Waals surface area contributed by atoms with Crippen LogP contribution in [0.5, 0.6) is 0 Å². The average molecular weight is 228 g/mol. The van der Waals surface area contributed by atoms with Crippen molar-refractivity contribution >= 4 is 34.8 Å². The molecule has 2 N–H and O–H groups in total. The lowest BCUT2D eigenvalue weighted by molar-refractivity contribution is 0.672. The van der Waals surface area contributed by atoms with Gasteiger partial charge in [-0.1, -0.05) is 34.8 Å². The molecule has 1 rings (SSSR count). The van der Waals surface area contributed by atoms with Crippen LogP contribution in [0.15, 0.2) is 18.3 Å². The van der Waals surface area contributed by atoms with Gasteiger partial charge < -0.3 is 10.3 Å². The molecule has 0 amide bonds. The molecule has 0 unspecified atom stereocenters. The molecule has 0 aliphatic rings. The Labute approximate surface area is 86.2 Å². The van der Waals surface area contributed by atoms with Gasteiger partial charge in [0.05, 0.1) is 6.04 Å². The number of hydrogen-bond acceptors (Lipinski definition) is 1. The lowest BCUT2D eigenvalue weighted by Gasteiger charge is -2.20. The molecule has 1 aromatic rings. The molecule has 0 aliphatic carbocycles. The SMILES string of the molecule is Cn1cccc1[C@@H](N)C(Cl)(Cl)Cl. The Hall–Kier alpha value is 0.110. The molecule has 0 bridgehead atoms. The van der Waals surface area contributed by atoms with E-state index in [1.54, 1.807) is 0 Å². The average Bonchev–Trinajstić information content (AvgIpc) is 2.31. The zero-order chi connectivity index (χ0) is 9.35. The molecule has 0 radical (unpaired) electrons. The number of nitrogens with zero attached hydrogens (tertiary/aromatic N) is 1. The molecule has 0 saturated heterocycles. The minimum Gasteiger partial charge on any atom is -0.353 e. The summed E-state index contributed by atoms with van der Waals surface area (Å²) in [6.45, 7) is 0. The maximum absolute atomic E-state index is 5.70. The van der Waals surface area contributed by atoms with E-state index in [-0.39, 0.29) is 0 Å². The van der Waals surface area contributed by atoms with E-state index in [2.05, 4.69) is 0 Å². The van der Waals surface area contributed by atoms with Gasteiger partial charge in [-0.05, 0) is 12.1 Å². The van der Waals surface area contributed by atoms with Crippen LogP contribution in [0, 0.1) is 0 Å². The van der Waals surface area contributed by atoms with Crippen molar-refractivity contribution in [1.82, 2.24) is 4.57 Å². The van der Waals surface area contributed by atoms with Crippen molar-refractivity contribution in [3.63, 3.8) is 0 Å².